The maximum Gasteiger partial charge on any atom is 0.335 e. The van der Waals surface area contributed by atoms with E-state index in [1.807, 2.05) is 42.8 Å². The zero-order valence-corrected chi connectivity index (χ0v) is 20.3. The number of benzene rings is 2. The van der Waals surface area contributed by atoms with Crippen LogP contribution in [0.3, 0.4) is 0 Å². The number of carbonyl (C=O) groups excluding carboxylic acids is 3. The van der Waals surface area contributed by atoms with E-state index in [1.54, 1.807) is 31.4 Å². The molecule has 1 N–H and O–H groups in total. The summed E-state index contributed by atoms with van der Waals surface area (Å²) in [5.41, 5.74) is 2.58. The number of amides is 4. The number of rotatable bonds is 7. The first kappa shape index (κ1) is 24.1. The number of urea groups is 1. The van der Waals surface area contributed by atoms with Crippen molar-refractivity contribution in [3.05, 3.63) is 82.1 Å². The Morgan fingerprint density at radius 3 is 2.57 bits per heavy atom. The van der Waals surface area contributed by atoms with Crippen LogP contribution in [0.1, 0.15) is 16.8 Å². The highest BCUT2D eigenvalue weighted by atomic mass is 35.5. The molecule has 9 heteroatoms. The molecule has 0 atom stereocenters. The van der Waals surface area contributed by atoms with Crippen LogP contribution in [-0.2, 0) is 16.1 Å². The summed E-state index contributed by atoms with van der Waals surface area (Å²) in [5.74, 6) is -0.224. The molecule has 1 aliphatic rings. The SMILES string of the molecule is COc1cc(C)ccc1OCCn1cccc1/C=C1/C(=O)NC(=O)N(c2ccc(C)c(Cl)c2)C1=O. The Bertz CT molecular complexity index is 1340. The van der Waals surface area contributed by atoms with Crippen LogP contribution >= 0.6 is 11.6 Å². The van der Waals surface area contributed by atoms with Gasteiger partial charge in [-0.3, -0.25) is 14.9 Å². The summed E-state index contributed by atoms with van der Waals surface area (Å²) in [6.45, 7) is 4.56. The third kappa shape index (κ3) is 5.07. The van der Waals surface area contributed by atoms with E-state index in [-0.39, 0.29) is 11.3 Å². The number of hydrogen-bond donors (Lipinski definition) is 1. The molecule has 0 spiro atoms. The Hall–Kier alpha value is -4.04. The van der Waals surface area contributed by atoms with Crippen LogP contribution in [0.5, 0.6) is 11.5 Å². The number of carbonyl (C=O) groups is 3. The topological polar surface area (TPSA) is 89.9 Å². The molecule has 0 unspecified atom stereocenters. The molecule has 4 rings (SSSR count). The van der Waals surface area contributed by atoms with Crippen LogP contribution in [0, 0.1) is 13.8 Å². The minimum atomic E-state index is -0.826. The lowest BCUT2D eigenvalue weighted by Crippen LogP contribution is -2.54. The first-order valence-corrected chi connectivity index (χ1v) is 11.3. The molecule has 8 nitrogen and oxygen atoms in total. The maximum atomic E-state index is 13.2. The van der Waals surface area contributed by atoms with Crippen molar-refractivity contribution < 1.29 is 23.9 Å². The van der Waals surface area contributed by atoms with Crippen molar-refractivity contribution in [2.45, 2.75) is 20.4 Å². The predicted molar refractivity (Wildman–Crippen MR) is 133 cm³/mol. The molecule has 180 valence electrons. The number of anilines is 1. The molecule has 0 bridgehead atoms. The lowest BCUT2D eigenvalue weighted by atomic mass is 10.1. The van der Waals surface area contributed by atoms with Crippen LogP contribution in [0.2, 0.25) is 5.02 Å². The van der Waals surface area contributed by atoms with Crippen LogP contribution in [0.25, 0.3) is 6.08 Å². The Labute approximate surface area is 207 Å². The van der Waals surface area contributed by atoms with Gasteiger partial charge in [0.2, 0.25) is 0 Å². The molecular weight excluding hydrogens is 470 g/mol. The number of nitrogens with zero attached hydrogens (tertiary/aromatic N) is 2. The summed E-state index contributed by atoms with van der Waals surface area (Å²) in [5, 5.41) is 2.63. The van der Waals surface area contributed by atoms with Gasteiger partial charge >= 0.3 is 6.03 Å². The zero-order valence-electron chi connectivity index (χ0n) is 19.5. The Morgan fingerprint density at radius 2 is 1.83 bits per heavy atom. The van der Waals surface area contributed by atoms with Crippen molar-refractivity contribution in [2.24, 2.45) is 0 Å². The Morgan fingerprint density at radius 1 is 1.03 bits per heavy atom. The van der Waals surface area contributed by atoms with Crippen LogP contribution < -0.4 is 19.7 Å². The van der Waals surface area contributed by atoms with Gasteiger partial charge in [-0.1, -0.05) is 23.7 Å². The number of ether oxygens (including phenoxy) is 2. The molecule has 3 aromatic rings. The molecular formula is C26H24ClN3O5. The zero-order chi connectivity index (χ0) is 25.1. The molecule has 2 aromatic carbocycles. The average molecular weight is 494 g/mol. The molecule has 1 saturated heterocycles. The molecule has 4 amide bonds. The highest BCUT2D eigenvalue weighted by molar-refractivity contribution is 6.39. The van der Waals surface area contributed by atoms with Gasteiger partial charge in [0.15, 0.2) is 11.5 Å². The molecule has 1 aromatic heterocycles. The lowest BCUT2D eigenvalue weighted by Gasteiger charge is -2.26. The number of methoxy groups -OCH3 is 1. The summed E-state index contributed by atoms with van der Waals surface area (Å²) >= 11 is 6.17. The van der Waals surface area contributed by atoms with Crippen molar-refractivity contribution in [2.75, 3.05) is 18.6 Å². The predicted octanol–water partition coefficient (Wildman–Crippen LogP) is 4.51. The number of aromatic nitrogens is 1. The number of barbiturate groups is 1. The van der Waals surface area contributed by atoms with Gasteiger partial charge in [0.1, 0.15) is 12.2 Å². The van der Waals surface area contributed by atoms with E-state index < -0.39 is 17.8 Å². The fourth-order valence-electron chi connectivity index (χ4n) is 3.67. The first-order valence-electron chi connectivity index (χ1n) is 10.9. The number of aryl methyl sites for hydroxylation is 2. The quantitative estimate of drug-likeness (QED) is 0.386. The molecule has 2 heterocycles. The normalized spacial score (nSPS) is 14.9. The van der Waals surface area contributed by atoms with Crippen LogP contribution in [0.15, 0.2) is 60.3 Å². The van der Waals surface area contributed by atoms with Crippen LogP contribution in [0.4, 0.5) is 10.5 Å². The summed E-state index contributed by atoms with van der Waals surface area (Å²) < 4.78 is 13.1. The summed E-state index contributed by atoms with van der Waals surface area (Å²) in [6, 6.07) is 13.2. The number of imide groups is 2. The summed E-state index contributed by atoms with van der Waals surface area (Å²) in [7, 11) is 1.59. The molecule has 0 radical (unpaired) electrons. The largest absolute Gasteiger partial charge is 0.493 e. The third-order valence-electron chi connectivity index (χ3n) is 5.58. The fraction of sp³-hybridized carbons (Fsp3) is 0.192. The number of nitrogens with one attached hydrogen (secondary N) is 1. The molecule has 35 heavy (non-hydrogen) atoms. The standard InChI is InChI=1S/C26H24ClN3O5/c1-16-6-9-22(23(13-16)34-3)35-12-11-29-10-4-5-18(29)14-20-24(31)28-26(33)30(25(20)32)19-8-7-17(2)21(27)15-19/h4-10,13-15H,11-12H2,1-3H3,(H,28,31,33)/b20-14-. The van der Waals surface area contributed by atoms with Crippen LogP contribution in [-0.4, -0.2) is 36.1 Å². The minimum absolute atomic E-state index is 0.164. The van der Waals surface area contributed by atoms with Gasteiger partial charge in [-0.25, -0.2) is 9.69 Å². The highest BCUT2D eigenvalue weighted by Crippen LogP contribution is 2.28. The van der Waals surface area contributed by atoms with E-state index in [0.717, 1.165) is 16.0 Å². The summed E-state index contributed by atoms with van der Waals surface area (Å²) in [4.78, 5) is 39.0. The van der Waals surface area contributed by atoms with E-state index in [2.05, 4.69) is 5.32 Å². The van der Waals surface area contributed by atoms with Crippen molar-refractivity contribution in [3.8, 4) is 11.5 Å². The average Bonchev–Trinajstić information content (AvgIpc) is 3.26. The van der Waals surface area contributed by atoms with Gasteiger partial charge in [0, 0.05) is 16.9 Å². The Kier molecular flexibility index (Phi) is 6.93. The van der Waals surface area contributed by atoms with Gasteiger partial charge in [0.05, 0.1) is 19.3 Å². The molecule has 0 aliphatic carbocycles. The monoisotopic (exact) mass is 493 g/mol. The molecule has 1 fully saturated rings. The second kappa shape index (κ2) is 10.1. The molecule has 0 saturated carbocycles. The van der Waals surface area contributed by atoms with Crippen molar-refractivity contribution in [3.63, 3.8) is 0 Å². The highest BCUT2D eigenvalue weighted by Gasteiger charge is 2.37. The van der Waals surface area contributed by atoms with Gasteiger partial charge in [0.25, 0.3) is 11.8 Å². The van der Waals surface area contributed by atoms with Gasteiger partial charge in [-0.2, -0.15) is 0 Å². The fourth-order valence-corrected chi connectivity index (χ4v) is 3.85. The van der Waals surface area contributed by atoms with E-state index in [1.165, 1.54) is 12.1 Å². The minimum Gasteiger partial charge on any atom is -0.493 e. The van der Waals surface area contributed by atoms with E-state index in [9.17, 15) is 14.4 Å². The van der Waals surface area contributed by atoms with E-state index in [4.69, 9.17) is 21.1 Å². The van der Waals surface area contributed by atoms with Gasteiger partial charge < -0.3 is 14.0 Å². The van der Waals surface area contributed by atoms with E-state index >= 15 is 0 Å². The lowest BCUT2D eigenvalue weighted by molar-refractivity contribution is -0.122. The summed E-state index contributed by atoms with van der Waals surface area (Å²) in [6.07, 6.45) is 3.27. The second-order valence-electron chi connectivity index (χ2n) is 8.02. The third-order valence-corrected chi connectivity index (χ3v) is 5.99. The van der Waals surface area contributed by atoms with Gasteiger partial charge in [-0.15, -0.1) is 0 Å². The first-order chi connectivity index (χ1) is 16.8. The van der Waals surface area contributed by atoms with Crippen molar-refractivity contribution in [1.82, 2.24) is 9.88 Å². The van der Waals surface area contributed by atoms with Gasteiger partial charge in [-0.05, 0) is 67.4 Å². The van der Waals surface area contributed by atoms with Crippen molar-refractivity contribution in [1.29, 1.82) is 0 Å². The second-order valence-corrected chi connectivity index (χ2v) is 8.43. The smallest absolute Gasteiger partial charge is 0.335 e. The number of hydrogen-bond acceptors (Lipinski definition) is 5. The van der Waals surface area contributed by atoms with E-state index in [0.29, 0.717) is 35.4 Å². The number of halogens is 1. The Balaban J connectivity index is 1.54. The van der Waals surface area contributed by atoms with Crippen molar-refractivity contribution >= 4 is 41.2 Å². The maximum absolute atomic E-state index is 13.2. The molecule has 1 aliphatic heterocycles.